The molecule has 0 bridgehead atoms. The van der Waals surface area contributed by atoms with Gasteiger partial charge in [0.15, 0.2) is 0 Å². The van der Waals surface area contributed by atoms with E-state index in [1.54, 1.807) is 25.1 Å². The van der Waals surface area contributed by atoms with Crippen LogP contribution in [0.3, 0.4) is 0 Å². The Kier molecular flexibility index (Phi) is 5.85. The van der Waals surface area contributed by atoms with Crippen molar-refractivity contribution in [1.82, 2.24) is 5.32 Å². The summed E-state index contributed by atoms with van der Waals surface area (Å²) in [7, 11) is -3.39. The lowest BCUT2D eigenvalue weighted by Crippen LogP contribution is -2.34. The fraction of sp³-hybridized carbons (Fsp3) is 0.316. The van der Waals surface area contributed by atoms with Gasteiger partial charge in [0.1, 0.15) is 0 Å². The topological polar surface area (TPSA) is 75.3 Å². The van der Waals surface area contributed by atoms with Crippen LogP contribution >= 0.6 is 0 Å². The second-order valence-corrected chi connectivity index (χ2v) is 8.16. The predicted octanol–water partition coefficient (Wildman–Crippen LogP) is 3.04. The van der Waals surface area contributed by atoms with Crippen LogP contribution in [0.5, 0.6) is 0 Å². The van der Waals surface area contributed by atoms with E-state index >= 15 is 0 Å². The number of nitrogens with one attached hydrogen (secondary N) is 2. The fourth-order valence-corrected chi connectivity index (χ4v) is 3.22. The number of hydrogen-bond donors (Lipinski definition) is 2. The molecule has 5 nitrogen and oxygen atoms in total. The average Bonchev–Trinajstić information content (AvgIpc) is 2.50. The number of benzene rings is 2. The lowest BCUT2D eigenvalue weighted by molar-refractivity contribution is 0.0940. The lowest BCUT2D eigenvalue weighted by atomic mass is 10.0. The smallest absolute Gasteiger partial charge is 0.251 e. The maximum atomic E-state index is 12.5. The molecule has 0 saturated carbocycles. The fourth-order valence-electron chi connectivity index (χ4n) is 2.60. The summed E-state index contributed by atoms with van der Waals surface area (Å²) in [5.74, 6) is -0.224. The Labute approximate surface area is 149 Å². The summed E-state index contributed by atoms with van der Waals surface area (Å²) in [6.45, 7) is 5.79. The van der Waals surface area contributed by atoms with E-state index in [2.05, 4.69) is 16.1 Å². The zero-order valence-electron chi connectivity index (χ0n) is 15.0. The number of carbonyl (C=O) groups excluding carboxylic acids is 1. The average molecular weight is 360 g/mol. The van der Waals surface area contributed by atoms with E-state index in [9.17, 15) is 13.2 Å². The van der Waals surface area contributed by atoms with E-state index in [1.807, 2.05) is 32.0 Å². The third-order valence-electron chi connectivity index (χ3n) is 3.96. The zero-order chi connectivity index (χ0) is 18.6. The molecule has 0 radical (unpaired) electrons. The Balaban J connectivity index is 2.10. The summed E-state index contributed by atoms with van der Waals surface area (Å²) < 4.78 is 25.3. The molecule has 0 heterocycles. The van der Waals surface area contributed by atoms with Crippen LogP contribution in [-0.4, -0.2) is 26.6 Å². The molecule has 0 spiro atoms. The van der Waals surface area contributed by atoms with Crippen LogP contribution in [0.1, 0.15) is 34.0 Å². The quantitative estimate of drug-likeness (QED) is 0.831. The first kappa shape index (κ1) is 19.0. The van der Waals surface area contributed by atoms with E-state index in [4.69, 9.17) is 0 Å². The highest BCUT2D eigenvalue weighted by Crippen LogP contribution is 2.18. The van der Waals surface area contributed by atoms with Crippen molar-refractivity contribution in [2.45, 2.75) is 33.2 Å². The molecule has 0 saturated heterocycles. The van der Waals surface area contributed by atoms with E-state index in [-0.39, 0.29) is 11.9 Å². The van der Waals surface area contributed by atoms with Gasteiger partial charge < -0.3 is 5.32 Å². The van der Waals surface area contributed by atoms with Gasteiger partial charge >= 0.3 is 0 Å². The van der Waals surface area contributed by atoms with E-state index in [0.717, 1.165) is 18.2 Å². The summed E-state index contributed by atoms with van der Waals surface area (Å²) in [6, 6.07) is 13.0. The van der Waals surface area contributed by atoms with E-state index in [0.29, 0.717) is 11.3 Å². The molecular weight excluding hydrogens is 336 g/mol. The van der Waals surface area contributed by atoms with Crippen LogP contribution in [-0.2, 0) is 16.4 Å². The van der Waals surface area contributed by atoms with E-state index in [1.165, 1.54) is 11.1 Å². The molecule has 0 aliphatic carbocycles. The summed E-state index contributed by atoms with van der Waals surface area (Å²) in [6.07, 6.45) is 1.82. The van der Waals surface area contributed by atoms with Gasteiger partial charge in [-0.15, -0.1) is 0 Å². The minimum atomic E-state index is -3.39. The SMILES string of the molecule is Cc1ccccc1C[C@H](C)NC(=O)c1ccc(C)c(NS(C)(=O)=O)c1. The second-order valence-electron chi connectivity index (χ2n) is 6.41. The lowest BCUT2D eigenvalue weighted by Gasteiger charge is -2.16. The van der Waals surface area contributed by atoms with Gasteiger partial charge in [-0.25, -0.2) is 8.42 Å². The molecule has 1 atom stereocenters. The molecule has 0 aliphatic heterocycles. The Hall–Kier alpha value is -2.34. The summed E-state index contributed by atoms with van der Waals surface area (Å²) >= 11 is 0. The maximum absolute atomic E-state index is 12.5. The molecule has 0 fully saturated rings. The maximum Gasteiger partial charge on any atom is 0.251 e. The van der Waals surface area contributed by atoms with Gasteiger partial charge in [0.25, 0.3) is 5.91 Å². The van der Waals surface area contributed by atoms with Crippen molar-refractivity contribution < 1.29 is 13.2 Å². The standard InChI is InChI=1S/C19H24N2O3S/c1-13-7-5-6-8-16(13)11-15(3)20-19(22)17-10-9-14(2)18(12-17)21-25(4,23)24/h5-10,12,15,21H,11H2,1-4H3,(H,20,22)/t15-/m0/s1. The molecule has 0 unspecified atom stereocenters. The van der Waals surface area contributed by atoms with Crippen LogP contribution in [0.2, 0.25) is 0 Å². The monoisotopic (exact) mass is 360 g/mol. The summed E-state index contributed by atoms with van der Waals surface area (Å²) in [5, 5.41) is 2.97. The Bertz CT molecular complexity index is 876. The largest absolute Gasteiger partial charge is 0.349 e. The molecule has 2 aromatic carbocycles. The van der Waals surface area contributed by atoms with Crippen LogP contribution in [0.4, 0.5) is 5.69 Å². The molecular formula is C19H24N2O3S. The number of amides is 1. The number of sulfonamides is 1. The van der Waals surface area contributed by atoms with Crippen LogP contribution in [0, 0.1) is 13.8 Å². The van der Waals surface area contributed by atoms with Gasteiger partial charge in [-0.05, 0) is 56.0 Å². The molecule has 0 aromatic heterocycles. The third kappa shape index (κ3) is 5.60. The summed E-state index contributed by atoms with van der Waals surface area (Å²) in [4.78, 5) is 12.5. The number of rotatable bonds is 6. The number of hydrogen-bond acceptors (Lipinski definition) is 3. The summed E-state index contributed by atoms with van der Waals surface area (Å²) in [5.41, 5.74) is 3.99. The highest BCUT2D eigenvalue weighted by atomic mass is 32.2. The van der Waals surface area contributed by atoms with Gasteiger partial charge in [0.05, 0.1) is 11.9 Å². The van der Waals surface area contributed by atoms with Crippen molar-refractivity contribution in [3.8, 4) is 0 Å². The van der Waals surface area contributed by atoms with Crippen molar-refractivity contribution in [2.24, 2.45) is 0 Å². The van der Waals surface area contributed by atoms with Gasteiger partial charge in [-0.3, -0.25) is 9.52 Å². The first-order valence-corrected chi connectivity index (χ1v) is 9.98. The molecule has 134 valence electrons. The van der Waals surface area contributed by atoms with E-state index < -0.39 is 10.0 Å². The number of aryl methyl sites for hydroxylation is 2. The highest BCUT2D eigenvalue weighted by molar-refractivity contribution is 7.92. The normalized spacial score (nSPS) is 12.5. The molecule has 2 aromatic rings. The zero-order valence-corrected chi connectivity index (χ0v) is 15.8. The van der Waals surface area contributed by atoms with Crippen LogP contribution < -0.4 is 10.0 Å². The molecule has 6 heteroatoms. The second kappa shape index (κ2) is 7.70. The van der Waals surface area contributed by atoms with Crippen molar-refractivity contribution in [3.05, 3.63) is 64.7 Å². The first-order valence-electron chi connectivity index (χ1n) is 8.09. The van der Waals surface area contributed by atoms with Crippen LogP contribution in [0.25, 0.3) is 0 Å². The van der Waals surface area contributed by atoms with Gasteiger partial charge in [-0.1, -0.05) is 30.3 Å². The number of anilines is 1. The molecule has 2 rings (SSSR count). The molecule has 1 amide bonds. The predicted molar refractivity (Wildman–Crippen MR) is 101 cm³/mol. The van der Waals surface area contributed by atoms with Crippen LogP contribution in [0.15, 0.2) is 42.5 Å². The molecule has 0 aliphatic rings. The van der Waals surface area contributed by atoms with Gasteiger partial charge in [0.2, 0.25) is 10.0 Å². The van der Waals surface area contributed by atoms with Crippen molar-refractivity contribution in [2.75, 3.05) is 11.0 Å². The third-order valence-corrected chi connectivity index (χ3v) is 4.55. The number of carbonyl (C=O) groups is 1. The minimum absolute atomic E-state index is 0.0405. The van der Waals surface area contributed by atoms with Crippen molar-refractivity contribution >= 4 is 21.6 Å². The Morgan fingerprint density at radius 3 is 2.40 bits per heavy atom. The highest BCUT2D eigenvalue weighted by Gasteiger charge is 2.14. The van der Waals surface area contributed by atoms with Crippen molar-refractivity contribution in [3.63, 3.8) is 0 Å². The molecule has 2 N–H and O–H groups in total. The molecule has 25 heavy (non-hydrogen) atoms. The Morgan fingerprint density at radius 1 is 1.08 bits per heavy atom. The Morgan fingerprint density at radius 2 is 1.76 bits per heavy atom. The van der Waals surface area contributed by atoms with Gasteiger partial charge in [0, 0.05) is 11.6 Å². The van der Waals surface area contributed by atoms with Gasteiger partial charge in [-0.2, -0.15) is 0 Å². The van der Waals surface area contributed by atoms with Crippen molar-refractivity contribution in [1.29, 1.82) is 0 Å². The first-order chi connectivity index (χ1) is 11.7. The minimum Gasteiger partial charge on any atom is -0.349 e.